The fourth-order valence-corrected chi connectivity index (χ4v) is 2.23. The minimum atomic E-state index is -3.33. The fraction of sp³-hybridized carbons (Fsp3) is 0.300. The lowest BCUT2D eigenvalue weighted by molar-refractivity contribution is 0.597. The molecule has 0 fully saturated rings. The first-order valence-corrected chi connectivity index (χ1v) is 6.62. The van der Waals surface area contributed by atoms with Gasteiger partial charge in [-0.2, -0.15) is 0 Å². The second-order valence-corrected chi connectivity index (χ2v) is 5.35. The van der Waals surface area contributed by atoms with Crippen molar-refractivity contribution in [3.63, 3.8) is 0 Å². The number of nitrogens with zero attached hydrogens (tertiary/aromatic N) is 1. The number of amidine groups is 1. The van der Waals surface area contributed by atoms with Crippen molar-refractivity contribution in [2.45, 2.75) is 6.42 Å². The first-order valence-electron chi connectivity index (χ1n) is 4.77. The number of rotatable bonds is 5. The Morgan fingerprint density at radius 3 is 2.38 bits per heavy atom. The minimum Gasteiger partial charge on any atom is -0.388 e. The van der Waals surface area contributed by atoms with Crippen LogP contribution in [0.25, 0.3) is 0 Å². The molecule has 16 heavy (non-hydrogen) atoms. The van der Waals surface area contributed by atoms with Gasteiger partial charge in [-0.05, 0) is 12.1 Å². The fourth-order valence-electron chi connectivity index (χ4n) is 1.30. The molecule has 0 aliphatic heterocycles. The lowest BCUT2D eigenvalue weighted by Crippen LogP contribution is -2.32. The summed E-state index contributed by atoms with van der Waals surface area (Å²) in [6.07, 6.45) is 1.36. The highest BCUT2D eigenvalue weighted by molar-refractivity contribution is 7.92. The van der Waals surface area contributed by atoms with E-state index in [0.717, 1.165) is 6.26 Å². The first kappa shape index (κ1) is 12.5. The van der Waals surface area contributed by atoms with Gasteiger partial charge in [-0.1, -0.05) is 18.2 Å². The van der Waals surface area contributed by atoms with Gasteiger partial charge >= 0.3 is 0 Å². The maximum atomic E-state index is 11.6. The van der Waals surface area contributed by atoms with Crippen LogP contribution in [0, 0.1) is 5.41 Å². The summed E-state index contributed by atoms with van der Waals surface area (Å²) in [4.78, 5) is 0. The molecule has 0 spiro atoms. The van der Waals surface area contributed by atoms with Crippen molar-refractivity contribution in [2.75, 3.05) is 17.1 Å². The average molecular weight is 241 g/mol. The predicted molar refractivity (Wildman–Crippen MR) is 65.2 cm³/mol. The molecule has 5 nitrogen and oxygen atoms in total. The summed E-state index contributed by atoms with van der Waals surface area (Å²) in [5.74, 6) is -0.0235. The van der Waals surface area contributed by atoms with Gasteiger partial charge in [0, 0.05) is 13.0 Å². The van der Waals surface area contributed by atoms with Gasteiger partial charge in [0.05, 0.1) is 17.8 Å². The molecular formula is C10H15N3O2S. The molecule has 0 saturated carbocycles. The zero-order valence-corrected chi connectivity index (χ0v) is 9.87. The van der Waals surface area contributed by atoms with Crippen LogP contribution < -0.4 is 10.0 Å². The van der Waals surface area contributed by atoms with Crippen LogP contribution in [0.15, 0.2) is 30.3 Å². The summed E-state index contributed by atoms with van der Waals surface area (Å²) >= 11 is 0. The van der Waals surface area contributed by atoms with E-state index < -0.39 is 10.0 Å². The van der Waals surface area contributed by atoms with Crippen molar-refractivity contribution >= 4 is 21.5 Å². The van der Waals surface area contributed by atoms with Gasteiger partial charge in [0.15, 0.2) is 0 Å². The molecule has 0 heterocycles. The number of nitrogens with two attached hydrogens (primary N) is 1. The van der Waals surface area contributed by atoms with Gasteiger partial charge in [-0.15, -0.1) is 0 Å². The van der Waals surface area contributed by atoms with Crippen LogP contribution in [0.5, 0.6) is 0 Å². The molecule has 1 rings (SSSR count). The van der Waals surface area contributed by atoms with Gasteiger partial charge in [-0.25, -0.2) is 8.42 Å². The monoisotopic (exact) mass is 241 g/mol. The summed E-state index contributed by atoms with van der Waals surface area (Å²) in [5, 5.41) is 7.11. The molecule has 0 saturated heterocycles. The van der Waals surface area contributed by atoms with Gasteiger partial charge in [-0.3, -0.25) is 9.71 Å². The number of sulfonamides is 1. The average Bonchev–Trinajstić information content (AvgIpc) is 2.17. The summed E-state index contributed by atoms with van der Waals surface area (Å²) < 4.78 is 24.4. The molecule has 0 aliphatic carbocycles. The number of hydrogen-bond donors (Lipinski definition) is 2. The molecule has 0 unspecified atom stereocenters. The summed E-state index contributed by atoms with van der Waals surface area (Å²) in [7, 11) is -3.33. The number of benzene rings is 1. The van der Waals surface area contributed by atoms with Crippen LogP contribution in [0.3, 0.4) is 0 Å². The SMILES string of the molecule is CS(=O)(=O)N(CCC(=N)N)c1ccccc1. The van der Waals surface area contributed by atoms with Gasteiger partial charge in [0.2, 0.25) is 10.0 Å². The summed E-state index contributed by atoms with van der Waals surface area (Å²) in [6.45, 7) is 0.193. The zero-order chi connectivity index (χ0) is 12.2. The molecule has 0 amide bonds. The Morgan fingerprint density at radius 1 is 1.38 bits per heavy atom. The molecule has 0 radical (unpaired) electrons. The van der Waals surface area contributed by atoms with Gasteiger partial charge < -0.3 is 5.73 Å². The second-order valence-electron chi connectivity index (χ2n) is 3.45. The van der Waals surface area contributed by atoms with Gasteiger partial charge in [0.25, 0.3) is 0 Å². The third-order valence-electron chi connectivity index (χ3n) is 2.03. The largest absolute Gasteiger partial charge is 0.388 e. The van der Waals surface area contributed by atoms with Crippen LogP contribution in [-0.4, -0.2) is 27.1 Å². The lowest BCUT2D eigenvalue weighted by atomic mass is 10.3. The molecule has 0 bridgehead atoms. The van der Waals surface area contributed by atoms with E-state index >= 15 is 0 Å². The van der Waals surface area contributed by atoms with Crippen molar-refractivity contribution in [1.82, 2.24) is 0 Å². The zero-order valence-electron chi connectivity index (χ0n) is 9.05. The molecule has 0 atom stereocenters. The van der Waals surface area contributed by atoms with Crippen LogP contribution >= 0.6 is 0 Å². The van der Waals surface area contributed by atoms with E-state index in [1.165, 1.54) is 4.31 Å². The number of para-hydroxylation sites is 1. The van der Waals surface area contributed by atoms with E-state index in [-0.39, 0.29) is 18.8 Å². The van der Waals surface area contributed by atoms with E-state index in [2.05, 4.69) is 0 Å². The normalized spacial score (nSPS) is 11.1. The van der Waals surface area contributed by atoms with Crippen molar-refractivity contribution in [3.05, 3.63) is 30.3 Å². The quantitative estimate of drug-likeness (QED) is 0.590. The first-order chi connectivity index (χ1) is 7.41. The van der Waals surface area contributed by atoms with E-state index in [9.17, 15) is 8.42 Å². The van der Waals surface area contributed by atoms with E-state index in [0.29, 0.717) is 5.69 Å². The minimum absolute atomic E-state index is 0.0235. The predicted octanol–water partition coefficient (Wildman–Crippen LogP) is 0.779. The highest BCUT2D eigenvalue weighted by atomic mass is 32.2. The smallest absolute Gasteiger partial charge is 0.232 e. The highest BCUT2D eigenvalue weighted by Gasteiger charge is 2.16. The second kappa shape index (κ2) is 4.98. The summed E-state index contributed by atoms with van der Waals surface area (Å²) in [6, 6.07) is 8.76. The van der Waals surface area contributed by atoms with Crippen LogP contribution in [0.4, 0.5) is 5.69 Å². The van der Waals surface area contributed by atoms with Gasteiger partial charge in [0.1, 0.15) is 0 Å². The van der Waals surface area contributed by atoms with E-state index in [4.69, 9.17) is 11.1 Å². The molecular weight excluding hydrogens is 226 g/mol. The molecule has 0 aliphatic rings. The lowest BCUT2D eigenvalue weighted by Gasteiger charge is -2.21. The Morgan fingerprint density at radius 2 is 1.94 bits per heavy atom. The standard InChI is InChI=1S/C10H15N3O2S/c1-16(14,15)13(8-7-10(11)12)9-5-3-2-4-6-9/h2-6H,7-8H2,1H3,(H3,11,12). The Hall–Kier alpha value is -1.56. The molecule has 3 N–H and O–H groups in total. The van der Waals surface area contributed by atoms with E-state index in [1.54, 1.807) is 24.3 Å². The molecule has 1 aromatic carbocycles. The maximum absolute atomic E-state index is 11.6. The molecule has 1 aromatic rings. The van der Waals surface area contributed by atoms with Crippen molar-refractivity contribution in [3.8, 4) is 0 Å². The van der Waals surface area contributed by atoms with Crippen molar-refractivity contribution in [1.29, 1.82) is 5.41 Å². The summed E-state index contributed by atoms with van der Waals surface area (Å²) in [5.41, 5.74) is 5.81. The Kier molecular flexibility index (Phi) is 3.89. The number of hydrogen-bond acceptors (Lipinski definition) is 3. The number of anilines is 1. The van der Waals surface area contributed by atoms with Crippen LogP contribution in [-0.2, 0) is 10.0 Å². The highest BCUT2D eigenvalue weighted by Crippen LogP contribution is 2.16. The third-order valence-corrected chi connectivity index (χ3v) is 3.22. The molecule has 0 aromatic heterocycles. The number of nitrogens with one attached hydrogen (secondary N) is 1. The molecule has 6 heteroatoms. The van der Waals surface area contributed by atoms with Crippen LogP contribution in [0.1, 0.15) is 6.42 Å². The van der Waals surface area contributed by atoms with Crippen LogP contribution in [0.2, 0.25) is 0 Å². The maximum Gasteiger partial charge on any atom is 0.232 e. The Bertz CT molecular complexity index is 456. The Labute approximate surface area is 95.4 Å². The van der Waals surface area contributed by atoms with Crippen molar-refractivity contribution < 1.29 is 8.42 Å². The van der Waals surface area contributed by atoms with E-state index in [1.807, 2.05) is 6.07 Å². The Balaban J connectivity index is 2.94. The topological polar surface area (TPSA) is 87.2 Å². The van der Waals surface area contributed by atoms with Crippen molar-refractivity contribution in [2.24, 2.45) is 5.73 Å². The third kappa shape index (κ3) is 3.54. The molecule has 88 valence electrons.